The summed E-state index contributed by atoms with van der Waals surface area (Å²) < 4.78 is 10.1. The monoisotopic (exact) mass is 475 g/mol. The van der Waals surface area contributed by atoms with Crippen molar-refractivity contribution in [2.24, 2.45) is 0 Å². The van der Waals surface area contributed by atoms with Crippen LogP contribution < -0.4 is 4.74 Å². The number of hydrogen-bond acceptors (Lipinski definition) is 7. The molecule has 9 nitrogen and oxygen atoms in total. The third-order valence-electron chi connectivity index (χ3n) is 6.11. The highest BCUT2D eigenvalue weighted by Gasteiger charge is 2.46. The molecule has 1 aliphatic rings. The molecule has 0 saturated carbocycles. The summed E-state index contributed by atoms with van der Waals surface area (Å²) in [7, 11) is 2.80. The molecule has 1 aromatic carbocycles. The van der Waals surface area contributed by atoms with Crippen LogP contribution in [0.3, 0.4) is 0 Å². The Hall–Kier alpha value is -4.40. The SMILES string of the molecule is COC(=O)c1[nH]c(C)c(/C(O)=C2\C(=O)C(=O)N(Cc3cccnc3)[C@H]2c2ccc(OC)cc2)c1C. The Balaban J connectivity index is 1.90. The van der Waals surface area contributed by atoms with Gasteiger partial charge in [-0.05, 0) is 48.7 Å². The van der Waals surface area contributed by atoms with E-state index in [2.05, 4.69) is 9.97 Å². The summed E-state index contributed by atoms with van der Waals surface area (Å²) in [5, 5.41) is 11.4. The van der Waals surface area contributed by atoms with E-state index in [1.165, 1.54) is 12.0 Å². The molecule has 1 atom stereocenters. The molecule has 2 aromatic heterocycles. The highest BCUT2D eigenvalue weighted by molar-refractivity contribution is 6.46. The average molecular weight is 476 g/mol. The number of carbonyl (C=O) groups excluding carboxylic acids is 3. The molecule has 4 rings (SSSR count). The number of aliphatic hydroxyl groups is 1. The van der Waals surface area contributed by atoms with Gasteiger partial charge in [0.25, 0.3) is 11.7 Å². The smallest absolute Gasteiger partial charge is 0.354 e. The van der Waals surface area contributed by atoms with Gasteiger partial charge in [-0.1, -0.05) is 18.2 Å². The van der Waals surface area contributed by atoms with E-state index in [0.717, 1.165) is 5.56 Å². The first-order valence-corrected chi connectivity index (χ1v) is 10.9. The van der Waals surface area contributed by atoms with Crippen molar-refractivity contribution in [2.45, 2.75) is 26.4 Å². The lowest BCUT2D eigenvalue weighted by molar-refractivity contribution is -0.140. The van der Waals surface area contributed by atoms with E-state index in [1.807, 2.05) is 0 Å². The first kappa shape index (κ1) is 23.7. The number of rotatable bonds is 6. The van der Waals surface area contributed by atoms with E-state index in [4.69, 9.17) is 9.47 Å². The first-order valence-electron chi connectivity index (χ1n) is 10.9. The van der Waals surface area contributed by atoms with Gasteiger partial charge in [0.15, 0.2) is 0 Å². The number of aromatic nitrogens is 2. The third kappa shape index (κ3) is 4.16. The van der Waals surface area contributed by atoms with Crippen LogP contribution in [0.5, 0.6) is 5.75 Å². The second-order valence-electron chi connectivity index (χ2n) is 8.18. The molecule has 1 aliphatic heterocycles. The minimum absolute atomic E-state index is 0.0642. The van der Waals surface area contributed by atoms with E-state index >= 15 is 0 Å². The normalized spacial score (nSPS) is 17.0. The van der Waals surface area contributed by atoms with Crippen LogP contribution in [0.4, 0.5) is 0 Å². The van der Waals surface area contributed by atoms with Crippen molar-refractivity contribution >= 4 is 23.4 Å². The number of aliphatic hydroxyl groups excluding tert-OH is 1. The Morgan fingerprint density at radius 3 is 2.46 bits per heavy atom. The number of pyridine rings is 1. The predicted molar refractivity (Wildman–Crippen MR) is 127 cm³/mol. The minimum atomic E-state index is -0.864. The van der Waals surface area contributed by atoms with Gasteiger partial charge in [-0.15, -0.1) is 0 Å². The molecule has 0 unspecified atom stereocenters. The summed E-state index contributed by atoms with van der Waals surface area (Å²) in [5.41, 5.74) is 2.61. The van der Waals surface area contributed by atoms with E-state index in [-0.39, 0.29) is 29.1 Å². The number of carbonyl (C=O) groups is 3. The van der Waals surface area contributed by atoms with E-state index < -0.39 is 23.7 Å². The zero-order valence-electron chi connectivity index (χ0n) is 19.8. The van der Waals surface area contributed by atoms with Crippen molar-refractivity contribution in [1.82, 2.24) is 14.9 Å². The number of likely N-dealkylation sites (tertiary alicyclic amines) is 1. The molecule has 9 heteroatoms. The third-order valence-corrected chi connectivity index (χ3v) is 6.11. The zero-order valence-corrected chi connectivity index (χ0v) is 19.8. The second-order valence-corrected chi connectivity index (χ2v) is 8.18. The largest absolute Gasteiger partial charge is 0.507 e. The van der Waals surface area contributed by atoms with Crippen molar-refractivity contribution in [2.75, 3.05) is 14.2 Å². The summed E-state index contributed by atoms with van der Waals surface area (Å²) >= 11 is 0. The van der Waals surface area contributed by atoms with Crippen molar-refractivity contribution in [3.05, 3.63) is 88.0 Å². The fourth-order valence-electron chi connectivity index (χ4n) is 4.41. The van der Waals surface area contributed by atoms with Gasteiger partial charge in [-0.3, -0.25) is 14.6 Å². The number of ketones is 1. The molecule has 1 fully saturated rings. The fourth-order valence-corrected chi connectivity index (χ4v) is 4.41. The number of aromatic amines is 1. The number of amides is 1. The predicted octanol–water partition coefficient (Wildman–Crippen LogP) is 3.44. The van der Waals surface area contributed by atoms with Gasteiger partial charge in [-0.2, -0.15) is 0 Å². The van der Waals surface area contributed by atoms with Gasteiger partial charge in [-0.25, -0.2) is 4.79 Å². The maximum absolute atomic E-state index is 13.3. The van der Waals surface area contributed by atoms with Crippen LogP contribution in [0.15, 0.2) is 54.4 Å². The van der Waals surface area contributed by atoms with Gasteiger partial charge in [0, 0.05) is 30.2 Å². The van der Waals surface area contributed by atoms with E-state index in [1.54, 1.807) is 69.7 Å². The Kier molecular flexibility index (Phi) is 6.42. The van der Waals surface area contributed by atoms with Crippen molar-refractivity contribution in [1.29, 1.82) is 0 Å². The number of nitrogens with zero attached hydrogens (tertiary/aromatic N) is 2. The highest BCUT2D eigenvalue weighted by Crippen LogP contribution is 2.42. The molecule has 3 aromatic rings. The maximum atomic E-state index is 13.3. The molecule has 0 bridgehead atoms. The molecule has 35 heavy (non-hydrogen) atoms. The molecule has 0 aliphatic carbocycles. The number of benzene rings is 1. The van der Waals surface area contributed by atoms with Crippen LogP contribution in [-0.2, 0) is 20.9 Å². The molecule has 180 valence electrons. The lowest BCUT2D eigenvalue weighted by atomic mass is 9.94. The fraction of sp³-hybridized carbons (Fsp3) is 0.231. The maximum Gasteiger partial charge on any atom is 0.354 e. The summed E-state index contributed by atoms with van der Waals surface area (Å²) in [6.07, 6.45) is 3.24. The van der Waals surface area contributed by atoms with E-state index in [0.29, 0.717) is 22.6 Å². The van der Waals surface area contributed by atoms with Crippen LogP contribution in [0, 0.1) is 13.8 Å². The van der Waals surface area contributed by atoms with Crippen LogP contribution in [0.1, 0.15) is 44.5 Å². The van der Waals surface area contributed by atoms with Crippen molar-refractivity contribution < 1.29 is 29.0 Å². The number of esters is 1. The molecule has 3 heterocycles. The van der Waals surface area contributed by atoms with Crippen LogP contribution in [0.2, 0.25) is 0 Å². The van der Waals surface area contributed by atoms with Crippen LogP contribution >= 0.6 is 0 Å². The molecule has 2 N–H and O–H groups in total. The lowest BCUT2D eigenvalue weighted by Gasteiger charge is -2.25. The van der Waals surface area contributed by atoms with Gasteiger partial charge in [0.05, 0.1) is 25.8 Å². The molecule has 1 saturated heterocycles. The minimum Gasteiger partial charge on any atom is -0.507 e. The van der Waals surface area contributed by atoms with Gasteiger partial charge >= 0.3 is 5.97 Å². The first-order chi connectivity index (χ1) is 16.8. The quantitative estimate of drug-likeness (QED) is 0.242. The Labute approximate surface area is 202 Å². The number of Topliss-reactive ketones (excluding diaryl/α,β-unsaturated/α-hetero) is 1. The molecule has 0 radical (unpaired) electrons. The summed E-state index contributed by atoms with van der Waals surface area (Å²) in [5.74, 6) is -1.91. The van der Waals surface area contributed by atoms with Crippen molar-refractivity contribution in [3.63, 3.8) is 0 Å². The number of aryl methyl sites for hydroxylation is 1. The Bertz CT molecular complexity index is 1330. The van der Waals surface area contributed by atoms with Gasteiger partial charge in [0.1, 0.15) is 17.2 Å². The average Bonchev–Trinajstić information content (AvgIpc) is 3.31. The zero-order chi connectivity index (χ0) is 25.3. The topological polar surface area (TPSA) is 122 Å². The van der Waals surface area contributed by atoms with Gasteiger partial charge in [0.2, 0.25) is 0 Å². The lowest BCUT2D eigenvalue weighted by Crippen LogP contribution is -2.29. The Morgan fingerprint density at radius 1 is 1.14 bits per heavy atom. The van der Waals surface area contributed by atoms with Crippen LogP contribution in [0.25, 0.3) is 5.76 Å². The number of hydrogen-bond donors (Lipinski definition) is 2. The molecule has 1 amide bonds. The Morgan fingerprint density at radius 2 is 1.86 bits per heavy atom. The van der Waals surface area contributed by atoms with E-state index in [9.17, 15) is 19.5 Å². The summed E-state index contributed by atoms with van der Waals surface area (Å²) in [4.78, 5) is 47.1. The number of ether oxygens (including phenoxy) is 2. The molecule has 0 spiro atoms. The van der Waals surface area contributed by atoms with Crippen molar-refractivity contribution in [3.8, 4) is 5.75 Å². The molecular weight excluding hydrogens is 450 g/mol. The van der Waals surface area contributed by atoms with Crippen LogP contribution in [-0.4, -0.2) is 51.9 Å². The number of methoxy groups -OCH3 is 2. The second kappa shape index (κ2) is 9.46. The van der Waals surface area contributed by atoms with Gasteiger partial charge < -0.3 is 24.5 Å². The summed E-state index contributed by atoms with van der Waals surface area (Å²) in [6.45, 7) is 3.42. The number of H-pyrrole nitrogens is 1. The standard InChI is InChI=1S/C26H25N3O6/c1-14-19(15(2)28-21(14)26(33)35-4)23(30)20-22(17-7-9-18(34-3)10-8-17)29(25(32)24(20)31)13-16-6-5-11-27-12-16/h5-12,22,28,30H,13H2,1-4H3/b23-20+/t22-/m0/s1. The highest BCUT2D eigenvalue weighted by atomic mass is 16.5. The molecular formula is C26H25N3O6. The number of nitrogens with one attached hydrogen (secondary N) is 1. The summed E-state index contributed by atoms with van der Waals surface area (Å²) in [6, 6.07) is 9.63.